The fourth-order valence-electron chi connectivity index (χ4n) is 1.44. The molecule has 1 aromatic carbocycles. The van der Waals surface area contributed by atoms with Crippen molar-refractivity contribution in [1.29, 1.82) is 0 Å². The van der Waals surface area contributed by atoms with Crippen LogP contribution >= 0.6 is 0 Å². The van der Waals surface area contributed by atoms with Gasteiger partial charge in [-0.25, -0.2) is 0 Å². The lowest BCUT2D eigenvalue weighted by atomic mass is 10.3. The van der Waals surface area contributed by atoms with E-state index in [4.69, 9.17) is 8.94 Å². The number of aromatic nitrogens is 2. The van der Waals surface area contributed by atoms with Gasteiger partial charge in [-0.1, -0.05) is 17.3 Å². The Balaban J connectivity index is 1.79. The maximum atomic E-state index is 5.48. The summed E-state index contributed by atoms with van der Waals surface area (Å²) < 4.78 is 10.4. The second-order valence-corrected chi connectivity index (χ2v) is 3.32. The molecule has 5 nitrogen and oxygen atoms in total. The topological polar surface area (TPSA) is 64.1 Å². The van der Waals surface area contributed by atoms with Crippen molar-refractivity contribution in [3.8, 4) is 0 Å². The molecule has 1 N–H and O–H groups in total. The van der Waals surface area contributed by atoms with Crippen LogP contribution in [-0.2, 0) is 6.54 Å². The molecule has 0 saturated heterocycles. The number of nitrogens with zero attached hydrogens (tertiary/aromatic N) is 2. The highest BCUT2D eigenvalue weighted by atomic mass is 16.5. The SMILES string of the molecule is c1ccc2oc(NCc3ccno3)nc2c1. The van der Waals surface area contributed by atoms with Crippen LogP contribution in [0.25, 0.3) is 11.1 Å². The van der Waals surface area contributed by atoms with E-state index in [1.54, 1.807) is 12.3 Å². The van der Waals surface area contributed by atoms with Crippen molar-refractivity contribution >= 4 is 17.1 Å². The van der Waals surface area contributed by atoms with Crippen LogP contribution in [0.15, 0.2) is 45.5 Å². The molecular weight excluding hydrogens is 206 g/mol. The Labute approximate surface area is 91.1 Å². The third kappa shape index (κ3) is 1.63. The lowest BCUT2D eigenvalue weighted by Gasteiger charge is -1.95. The zero-order chi connectivity index (χ0) is 10.8. The van der Waals surface area contributed by atoms with Gasteiger partial charge in [0.1, 0.15) is 5.52 Å². The normalized spacial score (nSPS) is 10.8. The molecule has 80 valence electrons. The molecule has 0 unspecified atom stereocenters. The van der Waals surface area contributed by atoms with Crippen molar-refractivity contribution in [2.24, 2.45) is 0 Å². The van der Waals surface area contributed by atoms with E-state index in [9.17, 15) is 0 Å². The van der Waals surface area contributed by atoms with Crippen LogP contribution in [0, 0.1) is 0 Å². The lowest BCUT2D eigenvalue weighted by Crippen LogP contribution is -1.97. The molecule has 5 heteroatoms. The maximum Gasteiger partial charge on any atom is 0.296 e. The molecule has 0 aliphatic carbocycles. The Morgan fingerprint density at radius 1 is 1.19 bits per heavy atom. The van der Waals surface area contributed by atoms with E-state index >= 15 is 0 Å². The van der Waals surface area contributed by atoms with Gasteiger partial charge in [0.15, 0.2) is 11.3 Å². The van der Waals surface area contributed by atoms with Gasteiger partial charge in [0.2, 0.25) is 0 Å². The van der Waals surface area contributed by atoms with E-state index in [1.165, 1.54) is 0 Å². The summed E-state index contributed by atoms with van der Waals surface area (Å²) in [5.41, 5.74) is 1.60. The van der Waals surface area contributed by atoms with Crippen LogP contribution in [0.5, 0.6) is 0 Å². The number of para-hydroxylation sites is 2. The summed E-state index contributed by atoms with van der Waals surface area (Å²) in [5.74, 6) is 0.738. The van der Waals surface area contributed by atoms with Gasteiger partial charge in [-0.3, -0.25) is 0 Å². The standard InChI is InChI=1S/C11H9N3O2/c1-2-4-10-9(3-1)14-11(15-10)12-7-8-5-6-13-16-8/h1-6H,7H2,(H,12,14). The molecular formula is C11H9N3O2. The summed E-state index contributed by atoms with van der Waals surface area (Å²) in [6.45, 7) is 0.507. The van der Waals surface area contributed by atoms with Gasteiger partial charge in [0.05, 0.1) is 12.7 Å². The molecule has 0 saturated carbocycles. The van der Waals surface area contributed by atoms with Crippen molar-refractivity contribution in [1.82, 2.24) is 10.1 Å². The minimum Gasteiger partial charge on any atom is -0.424 e. The molecule has 0 atom stereocenters. The molecule has 2 aromatic heterocycles. The van der Waals surface area contributed by atoms with E-state index in [0.29, 0.717) is 12.6 Å². The Kier molecular flexibility index (Phi) is 2.07. The van der Waals surface area contributed by atoms with Crippen LogP contribution < -0.4 is 5.32 Å². The van der Waals surface area contributed by atoms with Crippen molar-refractivity contribution in [2.75, 3.05) is 5.32 Å². The van der Waals surface area contributed by atoms with Crippen molar-refractivity contribution in [3.05, 3.63) is 42.3 Å². The summed E-state index contributed by atoms with van der Waals surface area (Å²) in [5, 5.41) is 6.64. The van der Waals surface area contributed by atoms with Crippen LogP contribution in [0.3, 0.4) is 0 Å². The van der Waals surface area contributed by atoms with Gasteiger partial charge in [-0.05, 0) is 12.1 Å². The Bertz CT molecular complexity index is 553. The fraction of sp³-hybridized carbons (Fsp3) is 0.0909. The Hall–Kier alpha value is -2.30. The molecule has 0 spiro atoms. The number of anilines is 1. The number of benzene rings is 1. The van der Waals surface area contributed by atoms with Gasteiger partial charge in [0, 0.05) is 6.07 Å². The fourth-order valence-corrected chi connectivity index (χ4v) is 1.44. The first-order chi connectivity index (χ1) is 7.92. The van der Waals surface area contributed by atoms with E-state index in [0.717, 1.165) is 16.9 Å². The smallest absolute Gasteiger partial charge is 0.296 e. The Morgan fingerprint density at radius 2 is 2.12 bits per heavy atom. The summed E-state index contributed by atoms with van der Waals surface area (Å²) in [7, 11) is 0. The van der Waals surface area contributed by atoms with Crippen molar-refractivity contribution in [2.45, 2.75) is 6.54 Å². The van der Waals surface area contributed by atoms with Gasteiger partial charge < -0.3 is 14.3 Å². The molecule has 0 amide bonds. The first-order valence-electron chi connectivity index (χ1n) is 4.91. The van der Waals surface area contributed by atoms with E-state index in [-0.39, 0.29) is 0 Å². The summed E-state index contributed by atoms with van der Waals surface area (Å²) in [4.78, 5) is 4.27. The molecule has 0 aliphatic rings. The average Bonchev–Trinajstić information content (AvgIpc) is 2.95. The first-order valence-corrected chi connectivity index (χ1v) is 4.91. The predicted octanol–water partition coefficient (Wildman–Crippen LogP) is 2.43. The molecule has 3 aromatic rings. The molecule has 16 heavy (non-hydrogen) atoms. The van der Waals surface area contributed by atoms with E-state index in [1.807, 2.05) is 24.3 Å². The monoisotopic (exact) mass is 215 g/mol. The number of hydrogen-bond donors (Lipinski definition) is 1. The molecule has 2 heterocycles. The van der Waals surface area contributed by atoms with Gasteiger partial charge in [0.25, 0.3) is 6.01 Å². The molecule has 0 aliphatic heterocycles. The average molecular weight is 215 g/mol. The minimum atomic E-state index is 0.484. The van der Waals surface area contributed by atoms with Crippen LogP contribution in [-0.4, -0.2) is 10.1 Å². The highest BCUT2D eigenvalue weighted by Gasteiger charge is 2.04. The minimum absolute atomic E-state index is 0.484. The third-order valence-electron chi connectivity index (χ3n) is 2.20. The number of fused-ring (bicyclic) bond motifs is 1. The number of nitrogens with one attached hydrogen (secondary N) is 1. The first kappa shape index (κ1) is 8.96. The Morgan fingerprint density at radius 3 is 2.94 bits per heavy atom. The highest BCUT2D eigenvalue weighted by molar-refractivity contribution is 5.74. The van der Waals surface area contributed by atoms with Gasteiger partial charge in [-0.2, -0.15) is 4.98 Å². The second kappa shape index (κ2) is 3.69. The summed E-state index contributed by atoms with van der Waals surface area (Å²) >= 11 is 0. The van der Waals surface area contributed by atoms with Crippen LogP contribution in [0.4, 0.5) is 6.01 Å². The molecule has 0 fully saturated rings. The third-order valence-corrected chi connectivity index (χ3v) is 2.20. The van der Waals surface area contributed by atoms with Crippen molar-refractivity contribution in [3.63, 3.8) is 0 Å². The number of hydrogen-bond acceptors (Lipinski definition) is 5. The predicted molar refractivity (Wildman–Crippen MR) is 57.8 cm³/mol. The lowest BCUT2D eigenvalue weighted by molar-refractivity contribution is 0.387. The zero-order valence-electron chi connectivity index (χ0n) is 8.38. The van der Waals surface area contributed by atoms with Gasteiger partial charge in [-0.15, -0.1) is 0 Å². The summed E-state index contributed by atoms with van der Waals surface area (Å²) in [6.07, 6.45) is 1.60. The number of rotatable bonds is 3. The molecule has 0 radical (unpaired) electrons. The van der Waals surface area contributed by atoms with E-state index in [2.05, 4.69) is 15.5 Å². The molecule has 0 bridgehead atoms. The quantitative estimate of drug-likeness (QED) is 0.726. The van der Waals surface area contributed by atoms with E-state index < -0.39 is 0 Å². The zero-order valence-corrected chi connectivity index (χ0v) is 8.38. The van der Waals surface area contributed by atoms with Crippen LogP contribution in [0.1, 0.15) is 5.76 Å². The molecule has 3 rings (SSSR count). The number of oxazole rings is 1. The van der Waals surface area contributed by atoms with Crippen LogP contribution in [0.2, 0.25) is 0 Å². The van der Waals surface area contributed by atoms with Gasteiger partial charge >= 0.3 is 0 Å². The highest BCUT2D eigenvalue weighted by Crippen LogP contribution is 2.18. The second-order valence-electron chi connectivity index (χ2n) is 3.32. The van der Waals surface area contributed by atoms with Crippen molar-refractivity contribution < 1.29 is 8.94 Å². The summed E-state index contributed by atoms with van der Waals surface area (Å²) in [6, 6.07) is 9.88. The maximum absolute atomic E-state index is 5.48. The largest absolute Gasteiger partial charge is 0.424 e.